The maximum Gasteiger partial charge on any atom is 0.315 e. The zero-order valence-electron chi connectivity index (χ0n) is 12.7. The summed E-state index contributed by atoms with van der Waals surface area (Å²) < 4.78 is 10.6. The van der Waals surface area contributed by atoms with E-state index in [1.807, 2.05) is 43.5 Å². The number of aryl methyl sites for hydroxylation is 1. The second-order valence-corrected chi connectivity index (χ2v) is 6.56. The number of benzene rings is 1. The Morgan fingerprint density at radius 1 is 1.32 bits per heavy atom. The second kappa shape index (κ2) is 8.80. The van der Waals surface area contributed by atoms with E-state index in [0.717, 1.165) is 16.5 Å². The van der Waals surface area contributed by atoms with Gasteiger partial charge in [-0.15, -0.1) is 23.1 Å². The Morgan fingerprint density at radius 3 is 2.82 bits per heavy atom. The van der Waals surface area contributed by atoms with Gasteiger partial charge in [-0.3, -0.25) is 4.79 Å². The molecule has 6 heteroatoms. The molecule has 0 unspecified atom stereocenters. The Kier molecular flexibility index (Phi) is 6.74. The van der Waals surface area contributed by atoms with Gasteiger partial charge in [0.15, 0.2) is 0 Å². The van der Waals surface area contributed by atoms with Crippen LogP contribution >= 0.6 is 23.1 Å². The summed E-state index contributed by atoms with van der Waals surface area (Å²) in [5, 5.41) is 2.94. The molecule has 4 nitrogen and oxygen atoms in total. The maximum absolute atomic E-state index is 11.2. The van der Waals surface area contributed by atoms with Crippen molar-refractivity contribution in [3.05, 3.63) is 45.9 Å². The summed E-state index contributed by atoms with van der Waals surface area (Å²) in [5.41, 5.74) is 2.18. The molecule has 0 fully saturated rings. The van der Waals surface area contributed by atoms with E-state index in [1.165, 1.54) is 17.3 Å². The van der Waals surface area contributed by atoms with E-state index in [1.54, 1.807) is 11.3 Å². The zero-order valence-corrected chi connectivity index (χ0v) is 14.3. The molecule has 0 N–H and O–H groups in total. The fourth-order valence-electron chi connectivity index (χ4n) is 1.70. The predicted octanol–water partition coefficient (Wildman–Crippen LogP) is 3.83. The molecule has 0 bridgehead atoms. The largest absolute Gasteiger partial charge is 0.486 e. The van der Waals surface area contributed by atoms with Crippen molar-refractivity contribution >= 4 is 29.1 Å². The average Bonchev–Trinajstić information content (AvgIpc) is 2.95. The first-order valence-electron chi connectivity index (χ1n) is 7.03. The number of nitrogens with zero attached hydrogens (tertiary/aromatic N) is 1. The number of hydrogen-bond acceptors (Lipinski definition) is 6. The SMILES string of the molecule is CCOC(=O)CSCc1csc(COc2ccc(C)cc2)n1. The van der Waals surface area contributed by atoms with Crippen LogP contribution in [0.3, 0.4) is 0 Å². The molecule has 0 aliphatic carbocycles. The average molecular weight is 337 g/mol. The van der Waals surface area contributed by atoms with Gasteiger partial charge in [0.2, 0.25) is 0 Å². The summed E-state index contributed by atoms with van der Waals surface area (Å²) in [7, 11) is 0. The van der Waals surface area contributed by atoms with E-state index in [-0.39, 0.29) is 5.97 Å². The highest BCUT2D eigenvalue weighted by Gasteiger charge is 2.06. The lowest BCUT2D eigenvalue weighted by atomic mass is 10.2. The fourth-order valence-corrected chi connectivity index (χ4v) is 3.22. The van der Waals surface area contributed by atoms with Crippen molar-refractivity contribution in [3.63, 3.8) is 0 Å². The molecule has 0 spiro atoms. The van der Waals surface area contributed by atoms with Gasteiger partial charge in [0.1, 0.15) is 17.4 Å². The molecule has 1 aromatic heterocycles. The normalized spacial score (nSPS) is 10.5. The second-order valence-electron chi connectivity index (χ2n) is 4.63. The minimum absolute atomic E-state index is 0.175. The van der Waals surface area contributed by atoms with Crippen LogP contribution in [-0.4, -0.2) is 23.3 Å². The van der Waals surface area contributed by atoms with E-state index in [2.05, 4.69) is 4.98 Å². The van der Waals surface area contributed by atoms with Crippen molar-refractivity contribution in [2.75, 3.05) is 12.4 Å². The maximum atomic E-state index is 11.2. The van der Waals surface area contributed by atoms with E-state index < -0.39 is 0 Å². The van der Waals surface area contributed by atoms with Crippen molar-refractivity contribution in [3.8, 4) is 5.75 Å². The first-order valence-corrected chi connectivity index (χ1v) is 9.07. The molecule has 0 amide bonds. The lowest BCUT2D eigenvalue weighted by molar-refractivity contribution is -0.139. The van der Waals surface area contributed by atoms with Gasteiger partial charge in [-0.2, -0.15) is 0 Å². The third kappa shape index (κ3) is 5.69. The third-order valence-corrected chi connectivity index (χ3v) is 4.57. The molecule has 0 saturated heterocycles. The number of thiazole rings is 1. The minimum Gasteiger partial charge on any atom is -0.486 e. The van der Waals surface area contributed by atoms with Crippen LogP contribution in [0.5, 0.6) is 5.75 Å². The quantitative estimate of drug-likeness (QED) is 0.685. The van der Waals surface area contributed by atoms with Crippen LogP contribution in [0.4, 0.5) is 0 Å². The van der Waals surface area contributed by atoms with E-state index in [9.17, 15) is 4.79 Å². The molecule has 0 atom stereocenters. The van der Waals surface area contributed by atoms with Gasteiger partial charge in [-0.25, -0.2) is 4.98 Å². The molecular weight excluding hydrogens is 318 g/mol. The molecule has 2 rings (SSSR count). The van der Waals surface area contributed by atoms with Crippen molar-refractivity contribution in [2.45, 2.75) is 26.2 Å². The molecule has 1 heterocycles. The Bertz CT molecular complexity index is 596. The number of aromatic nitrogens is 1. The fraction of sp³-hybridized carbons (Fsp3) is 0.375. The van der Waals surface area contributed by atoms with Crippen LogP contribution in [0.1, 0.15) is 23.2 Å². The van der Waals surface area contributed by atoms with Gasteiger partial charge in [0.05, 0.1) is 18.1 Å². The molecule has 118 valence electrons. The summed E-state index contributed by atoms with van der Waals surface area (Å²) in [6.07, 6.45) is 0. The first-order chi connectivity index (χ1) is 10.7. The van der Waals surface area contributed by atoms with Crippen LogP contribution in [-0.2, 0) is 21.9 Å². The number of esters is 1. The first kappa shape index (κ1) is 16.8. The van der Waals surface area contributed by atoms with Gasteiger partial charge in [0, 0.05) is 11.1 Å². The predicted molar refractivity (Wildman–Crippen MR) is 90.4 cm³/mol. The van der Waals surface area contributed by atoms with Crippen LogP contribution in [0.15, 0.2) is 29.6 Å². The Morgan fingerprint density at radius 2 is 2.09 bits per heavy atom. The lowest BCUT2D eigenvalue weighted by Crippen LogP contribution is -2.06. The van der Waals surface area contributed by atoms with Crippen LogP contribution in [0.25, 0.3) is 0 Å². The molecule has 1 aromatic carbocycles. The molecule has 0 saturated carbocycles. The van der Waals surface area contributed by atoms with Gasteiger partial charge in [0.25, 0.3) is 0 Å². The number of carbonyl (C=O) groups excluding carboxylic acids is 1. The Balaban J connectivity index is 1.74. The lowest BCUT2D eigenvalue weighted by Gasteiger charge is -2.03. The number of rotatable bonds is 8. The highest BCUT2D eigenvalue weighted by Crippen LogP contribution is 2.18. The smallest absolute Gasteiger partial charge is 0.315 e. The highest BCUT2D eigenvalue weighted by molar-refractivity contribution is 7.99. The molecular formula is C16H19NO3S2. The van der Waals surface area contributed by atoms with Crippen molar-refractivity contribution in [2.24, 2.45) is 0 Å². The Labute approximate surface area is 138 Å². The molecule has 0 aliphatic rings. The van der Waals surface area contributed by atoms with E-state index in [4.69, 9.17) is 9.47 Å². The molecule has 2 aromatic rings. The third-order valence-electron chi connectivity index (χ3n) is 2.76. The van der Waals surface area contributed by atoms with Crippen LogP contribution in [0, 0.1) is 6.92 Å². The summed E-state index contributed by atoms with van der Waals surface area (Å²) in [4.78, 5) is 15.7. The van der Waals surface area contributed by atoms with Gasteiger partial charge in [-0.1, -0.05) is 17.7 Å². The van der Waals surface area contributed by atoms with Gasteiger partial charge in [-0.05, 0) is 26.0 Å². The number of ether oxygens (including phenoxy) is 2. The zero-order chi connectivity index (χ0) is 15.8. The number of thioether (sulfide) groups is 1. The van der Waals surface area contributed by atoms with E-state index in [0.29, 0.717) is 24.7 Å². The Hall–Kier alpha value is -1.53. The highest BCUT2D eigenvalue weighted by atomic mass is 32.2. The number of hydrogen-bond donors (Lipinski definition) is 0. The minimum atomic E-state index is -0.175. The van der Waals surface area contributed by atoms with Gasteiger partial charge >= 0.3 is 5.97 Å². The molecule has 22 heavy (non-hydrogen) atoms. The van der Waals surface area contributed by atoms with E-state index >= 15 is 0 Å². The monoisotopic (exact) mass is 337 g/mol. The molecule has 0 radical (unpaired) electrons. The van der Waals surface area contributed by atoms with Gasteiger partial charge < -0.3 is 9.47 Å². The van der Waals surface area contributed by atoms with Crippen LogP contribution < -0.4 is 4.74 Å². The van der Waals surface area contributed by atoms with Crippen LogP contribution in [0.2, 0.25) is 0 Å². The summed E-state index contributed by atoms with van der Waals surface area (Å²) in [5.74, 6) is 1.74. The van der Waals surface area contributed by atoms with Crippen molar-refractivity contribution in [1.29, 1.82) is 0 Å². The van der Waals surface area contributed by atoms with Crippen molar-refractivity contribution in [1.82, 2.24) is 4.98 Å². The standard InChI is InChI=1S/C16H19NO3S2/c1-3-19-16(18)11-21-9-13-10-22-15(17-13)8-20-14-6-4-12(2)5-7-14/h4-7,10H,3,8-9,11H2,1-2H3. The van der Waals surface area contributed by atoms with Crippen molar-refractivity contribution < 1.29 is 14.3 Å². The summed E-state index contributed by atoms with van der Waals surface area (Å²) in [6, 6.07) is 7.96. The topological polar surface area (TPSA) is 48.4 Å². The summed E-state index contributed by atoms with van der Waals surface area (Å²) in [6.45, 7) is 4.75. The number of carbonyl (C=O) groups is 1. The summed E-state index contributed by atoms with van der Waals surface area (Å²) >= 11 is 3.09. The molecule has 0 aliphatic heterocycles.